The maximum Gasteiger partial charge on any atom is 0.191 e. The first kappa shape index (κ1) is 15.1. The first-order chi connectivity index (χ1) is 10.7. The smallest absolute Gasteiger partial charge is 0.191 e. The number of ether oxygens (including phenoxy) is 1. The Balaban J connectivity index is 1.50. The zero-order valence-electron chi connectivity index (χ0n) is 13.4. The number of oxazole rings is 1. The van der Waals surface area contributed by atoms with E-state index in [1.54, 1.807) is 6.26 Å². The highest BCUT2D eigenvalue weighted by atomic mass is 16.5. The molecule has 0 unspecified atom stereocenters. The zero-order chi connectivity index (χ0) is 15.4. The lowest BCUT2D eigenvalue weighted by Gasteiger charge is -2.32. The largest absolute Gasteiger partial charge is 0.493 e. The van der Waals surface area contributed by atoms with Gasteiger partial charge in [0.15, 0.2) is 5.89 Å². The highest BCUT2D eigenvalue weighted by Crippen LogP contribution is 2.20. The summed E-state index contributed by atoms with van der Waals surface area (Å²) in [5, 5.41) is 0. The van der Waals surface area contributed by atoms with Gasteiger partial charge in [0.05, 0.1) is 12.3 Å². The van der Waals surface area contributed by atoms with Crippen LogP contribution in [-0.4, -0.2) is 29.6 Å². The van der Waals surface area contributed by atoms with Crippen molar-refractivity contribution in [1.82, 2.24) is 9.88 Å². The second kappa shape index (κ2) is 6.97. The number of benzene rings is 1. The predicted molar refractivity (Wildman–Crippen MR) is 85.9 cm³/mol. The highest BCUT2D eigenvalue weighted by Gasteiger charge is 2.21. The third-order valence-corrected chi connectivity index (χ3v) is 4.13. The third kappa shape index (κ3) is 4.10. The second-order valence-corrected chi connectivity index (χ2v) is 6.23. The third-order valence-electron chi connectivity index (χ3n) is 4.13. The van der Waals surface area contributed by atoms with E-state index in [1.807, 2.05) is 19.1 Å². The molecule has 1 aliphatic heterocycles. The number of aromatic nitrogens is 1. The van der Waals surface area contributed by atoms with E-state index in [-0.39, 0.29) is 0 Å². The van der Waals surface area contributed by atoms with Gasteiger partial charge < -0.3 is 9.15 Å². The molecule has 1 atom stereocenters. The number of hydrogen-bond donors (Lipinski definition) is 0. The number of piperidine rings is 1. The summed E-state index contributed by atoms with van der Waals surface area (Å²) in [6, 6.07) is 8.27. The average molecular weight is 300 g/mol. The fraction of sp³-hybridized carbons (Fsp3) is 0.500. The molecule has 4 heteroatoms. The molecule has 118 valence electrons. The summed E-state index contributed by atoms with van der Waals surface area (Å²) in [6.45, 7) is 7.84. The van der Waals surface area contributed by atoms with Crippen molar-refractivity contribution in [2.45, 2.75) is 33.2 Å². The van der Waals surface area contributed by atoms with Crippen molar-refractivity contribution in [2.75, 3.05) is 19.7 Å². The second-order valence-electron chi connectivity index (χ2n) is 6.23. The molecule has 0 radical (unpaired) electrons. The summed E-state index contributed by atoms with van der Waals surface area (Å²) in [7, 11) is 0. The summed E-state index contributed by atoms with van der Waals surface area (Å²) < 4.78 is 11.3. The Morgan fingerprint density at radius 1 is 1.36 bits per heavy atom. The Morgan fingerprint density at radius 3 is 3.05 bits per heavy atom. The van der Waals surface area contributed by atoms with Gasteiger partial charge in [-0.25, -0.2) is 4.98 Å². The van der Waals surface area contributed by atoms with Crippen molar-refractivity contribution in [3.8, 4) is 5.75 Å². The van der Waals surface area contributed by atoms with Gasteiger partial charge in [0.2, 0.25) is 0 Å². The molecule has 0 bridgehead atoms. The van der Waals surface area contributed by atoms with Crippen molar-refractivity contribution in [1.29, 1.82) is 0 Å². The van der Waals surface area contributed by atoms with E-state index in [1.165, 1.54) is 18.4 Å². The molecule has 4 nitrogen and oxygen atoms in total. The van der Waals surface area contributed by atoms with Gasteiger partial charge >= 0.3 is 0 Å². The molecule has 0 N–H and O–H groups in total. The van der Waals surface area contributed by atoms with Gasteiger partial charge in [-0.2, -0.15) is 0 Å². The fourth-order valence-corrected chi connectivity index (χ4v) is 3.06. The molecule has 0 amide bonds. The SMILES string of the molecule is Cc1cccc(OC[C@H]2CCCN(Cc3coc(C)n3)C2)c1. The Labute approximate surface area is 132 Å². The van der Waals surface area contributed by atoms with Crippen LogP contribution in [0.25, 0.3) is 0 Å². The fourth-order valence-electron chi connectivity index (χ4n) is 3.06. The van der Waals surface area contributed by atoms with Crippen LogP contribution in [0, 0.1) is 19.8 Å². The van der Waals surface area contributed by atoms with Crippen molar-refractivity contribution in [2.24, 2.45) is 5.92 Å². The van der Waals surface area contributed by atoms with Crippen LogP contribution >= 0.6 is 0 Å². The van der Waals surface area contributed by atoms with Gasteiger partial charge in [0.25, 0.3) is 0 Å². The lowest BCUT2D eigenvalue weighted by atomic mass is 9.99. The molecule has 3 rings (SSSR count). The quantitative estimate of drug-likeness (QED) is 0.846. The lowest BCUT2D eigenvalue weighted by Crippen LogP contribution is -2.37. The van der Waals surface area contributed by atoms with E-state index in [0.29, 0.717) is 5.92 Å². The van der Waals surface area contributed by atoms with Gasteiger partial charge in [0.1, 0.15) is 12.0 Å². The molecule has 22 heavy (non-hydrogen) atoms. The minimum atomic E-state index is 0.585. The molecular weight excluding hydrogens is 276 g/mol. The topological polar surface area (TPSA) is 38.5 Å². The van der Waals surface area contributed by atoms with Crippen LogP contribution in [0.15, 0.2) is 34.9 Å². The highest BCUT2D eigenvalue weighted by molar-refractivity contribution is 5.27. The number of hydrogen-bond acceptors (Lipinski definition) is 4. The Morgan fingerprint density at radius 2 is 2.27 bits per heavy atom. The Bertz CT molecular complexity index is 609. The van der Waals surface area contributed by atoms with Gasteiger partial charge in [-0.05, 0) is 44.0 Å². The van der Waals surface area contributed by atoms with Gasteiger partial charge in [-0.15, -0.1) is 0 Å². The van der Waals surface area contributed by atoms with Gasteiger partial charge in [-0.3, -0.25) is 4.90 Å². The van der Waals surface area contributed by atoms with Crippen molar-refractivity contribution in [3.05, 3.63) is 47.7 Å². The van der Waals surface area contributed by atoms with Gasteiger partial charge in [-0.1, -0.05) is 12.1 Å². The molecule has 1 saturated heterocycles. The van der Waals surface area contributed by atoms with Crippen molar-refractivity contribution >= 4 is 0 Å². The number of likely N-dealkylation sites (tertiary alicyclic amines) is 1. The minimum Gasteiger partial charge on any atom is -0.493 e. The molecule has 1 aliphatic rings. The van der Waals surface area contributed by atoms with E-state index in [9.17, 15) is 0 Å². The molecular formula is C18H24N2O2. The van der Waals surface area contributed by atoms with Crippen molar-refractivity contribution in [3.63, 3.8) is 0 Å². The van der Waals surface area contributed by atoms with Crippen LogP contribution in [0.4, 0.5) is 0 Å². The summed E-state index contributed by atoms with van der Waals surface area (Å²) in [5.41, 5.74) is 2.27. The number of aryl methyl sites for hydroxylation is 2. The van der Waals surface area contributed by atoms with Crippen LogP contribution in [0.5, 0.6) is 5.75 Å². The number of rotatable bonds is 5. The summed E-state index contributed by atoms with van der Waals surface area (Å²) in [5.74, 6) is 2.30. The molecule has 1 fully saturated rings. The van der Waals surface area contributed by atoms with Crippen LogP contribution < -0.4 is 4.74 Å². The molecule has 0 saturated carbocycles. The van der Waals surface area contributed by atoms with Crippen LogP contribution in [0.1, 0.15) is 30.0 Å². The van der Waals surface area contributed by atoms with Crippen LogP contribution in [0.2, 0.25) is 0 Å². The number of nitrogens with zero attached hydrogens (tertiary/aromatic N) is 2. The summed E-state index contributed by atoms with van der Waals surface area (Å²) in [6.07, 6.45) is 4.22. The van der Waals surface area contributed by atoms with E-state index < -0.39 is 0 Å². The molecule has 0 aliphatic carbocycles. The van der Waals surface area contributed by atoms with Crippen LogP contribution in [-0.2, 0) is 6.54 Å². The first-order valence-electron chi connectivity index (χ1n) is 8.02. The molecule has 1 aromatic carbocycles. The predicted octanol–water partition coefficient (Wildman–Crippen LogP) is 3.58. The molecule has 1 aromatic heterocycles. The van der Waals surface area contributed by atoms with E-state index in [0.717, 1.165) is 43.6 Å². The average Bonchev–Trinajstić information content (AvgIpc) is 2.91. The lowest BCUT2D eigenvalue weighted by molar-refractivity contribution is 0.124. The maximum atomic E-state index is 5.97. The Hall–Kier alpha value is -1.81. The Kier molecular flexibility index (Phi) is 4.78. The van der Waals surface area contributed by atoms with Gasteiger partial charge in [0, 0.05) is 25.9 Å². The zero-order valence-corrected chi connectivity index (χ0v) is 13.4. The molecule has 2 heterocycles. The summed E-state index contributed by atoms with van der Waals surface area (Å²) in [4.78, 5) is 6.84. The monoisotopic (exact) mass is 300 g/mol. The molecule has 0 spiro atoms. The normalized spacial score (nSPS) is 19.3. The maximum absolute atomic E-state index is 5.97. The molecule has 2 aromatic rings. The van der Waals surface area contributed by atoms with Crippen molar-refractivity contribution < 1.29 is 9.15 Å². The minimum absolute atomic E-state index is 0.585. The van der Waals surface area contributed by atoms with E-state index >= 15 is 0 Å². The summed E-state index contributed by atoms with van der Waals surface area (Å²) >= 11 is 0. The first-order valence-corrected chi connectivity index (χ1v) is 8.02. The van der Waals surface area contributed by atoms with E-state index in [2.05, 4.69) is 28.9 Å². The van der Waals surface area contributed by atoms with Crippen LogP contribution in [0.3, 0.4) is 0 Å². The standard InChI is InChI=1S/C18H24N2O2/c1-14-5-3-7-18(9-14)22-12-16-6-4-8-20(10-16)11-17-13-21-15(2)19-17/h3,5,7,9,13,16H,4,6,8,10-12H2,1-2H3/t16-/m0/s1. The van der Waals surface area contributed by atoms with E-state index in [4.69, 9.17) is 9.15 Å².